The first-order chi connectivity index (χ1) is 11.2. The lowest BCUT2D eigenvalue weighted by Gasteiger charge is -2.51. The van der Waals surface area contributed by atoms with E-state index in [4.69, 9.17) is 4.74 Å². The van der Waals surface area contributed by atoms with E-state index < -0.39 is 0 Å². The summed E-state index contributed by atoms with van der Waals surface area (Å²) >= 11 is 0. The molecule has 122 valence electrons. The number of hydrogen-bond acceptors (Lipinski definition) is 5. The summed E-state index contributed by atoms with van der Waals surface area (Å²) < 4.78 is 6.01. The van der Waals surface area contributed by atoms with Crippen LogP contribution in [0.1, 0.15) is 36.2 Å². The smallest absolute Gasteiger partial charge is 0.274 e. The summed E-state index contributed by atoms with van der Waals surface area (Å²) in [5, 5.41) is 2.97. The minimum Gasteiger partial charge on any atom is -0.369 e. The summed E-state index contributed by atoms with van der Waals surface area (Å²) in [5.41, 5.74) is 0.379. The Balaban J connectivity index is 1.27. The van der Waals surface area contributed by atoms with Gasteiger partial charge in [0.15, 0.2) is 0 Å². The third-order valence-corrected chi connectivity index (χ3v) is 4.85. The van der Waals surface area contributed by atoms with Crippen molar-refractivity contribution in [2.45, 2.75) is 43.9 Å². The molecule has 1 N–H and O–H groups in total. The molecule has 2 saturated heterocycles. The average molecular weight is 316 g/mol. The van der Waals surface area contributed by atoms with Gasteiger partial charge in [0.25, 0.3) is 5.91 Å². The van der Waals surface area contributed by atoms with E-state index in [1.165, 1.54) is 12.4 Å². The van der Waals surface area contributed by atoms with Crippen LogP contribution in [-0.2, 0) is 9.53 Å². The third-order valence-electron chi connectivity index (χ3n) is 4.85. The number of nitrogens with zero attached hydrogens (tertiary/aromatic N) is 3. The van der Waals surface area contributed by atoms with Gasteiger partial charge < -0.3 is 15.0 Å². The number of nitrogens with one attached hydrogen (secondary N) is 1. The molecule has 3 atom stereocenters. The summed E-state index contributed by atoms with van der Waals surface area (Å²) in [7, 11) is 0. The van der Waals surface area contributed by atoms with Crippen molar-refractivity contribution >= 4 is 11.8 Å². The summed E-state index contributed by atoms with van der Waals surface area (Å²) in [6.07, 6.45) is 8.51. The van der Waals surface area contributed by atoms with Crippen molar-refractivity contribution in [3.05, 3.63) is 24.3 Å². The van der Waals surface area contributed by atoms with Crippen molar-refractivity contribution in [2.24, 2.45) is 5.92 Å². The van der Waals surface area contributed by atoms with Crippen molar-refractivity contribution < 1.29 is 14.3 Å². The van der Waals surface area contributed by atoms with Crippen LogP contribution in [0.3, 0.4) is 0 Å². The van der Waals surface area contributed by atoms with Gasteiger partial charge in [0, 0.05) is 31.4 Å². The maximum Gasteiger partial charge on any atom is 0.274 e. The van der Waals surface area contributed by atoms with E-state index in [2.05, 4.69) is 15.3 Å². The lowest BCUT2D eigenvalue weighted by molar-refractivity contribution is -0.152. The molecule has 0 spiro atoms. The highest BCUT2D eigenvalue weighted by molar-refractivity contribution is 5.92. The molecule has 0 radical (unpaired) electrons. The molecule has 3 heterocycles. The van der Waals surface area contributed by atoms with Gasteiger partial charge in [0.2, 0.25) is 5.91 Å². The summed E-state index contributed by atoms with van der Waals surface area (Å²) in [4.78, 5) is 33.9. The van der Waals surface area contributed by atoms with Crippen molar-refractivity contribution in [1.29, 1.82) is 0 Å². The molecule has 0 bridgehead atoms. The van der Waals surface area contributed by atoms with E-state index in [0.29, 0.717) is 18.8 Å². The van der Waals surface area contributed by atoms with Crippen molar-refractivity contribution in [3.8, 4) is 0 Å². The lowest BCUT2D eigenvalue weighted by atomic mass is 9.89. The molecular weight excluding hydrogens is 296 g/mol. The zero-order valence-electron chi connectivity index (χ0n) is 12.9. The number of likely N-dealkylation sites (tertiary alicyclic amines) is 1. The van der Waals surface area contributed by atoms with Crippen molar-refractivity contribution in [2.75, 3.05) is 13.1 Å². The Labute approximate surface area is 134 Å². The van der Waals surface area contributed by atoms with Crippen LogP contribution in [0.2, 0.25) is 0 Å². The molecule has 4 rings (SSSR count). The number of ether oxygens (including phenoxy) is 1. The first-order valence-electron chi connectivity index (χ1n) is 8.22. The van der Waals surface area contributed by atoms with Crippen LogP contribution in [0, 0.1) is 5.92 Å². The fourth-order valence-corrected chi connectivity index (χ4v) is 3.31. The third kappa shape index (κ3) is 2.93. The molecule has 0 unspecified atom stereocenters. The van der Waals surface area contributed by atoms with Crippen molar-refractivity contribution in [1.82, 2.24) is 20.2 Å². The SMILES string of the molecule is O=C(NC[C@@H]1CC[C@H]2[C@H](CN2C(=O)c2cnccn2)O1)C1CC1. The molecule has 2 aliphatic heterocycles. The van der Waals surface area contributed by atoms with Crippen molar-refractivity contribution in [3.63, 3.8) is 0 Å². The minimum absolute atomic E-state index is 0.0627. The second-order valence-electron chi connectivity index (χ2n) is 6.51. The zero-order valence-corrected chi connectivity index (χ0v) is 12.9. The Bertz CT molecular complexity index is 605. The number of hydrogen-bond donors (Lipinski definition) is 1. The number of carbonyl (C=O) groups is 2. The molecule has 7 heteroatoms. The van der Waals surface area contributed by atoms with Gasteiger partial charge in [-0.2, -0.15) is 0 Å². The molecule has 23 heavy (non-hydrogen) atoms. The van der Waals surface area contributed by atoms with Gasteiger partial charge in [-0.15, -0.1) is 0 Å². The summed E-state index contributed by atoms with van der Waals surface area (Å²) in [6.45, 7) is 1.17. The molecule has 1 saturated carbocycles. The maximum atomic E-state index is 12.4. The van der Waals surface area contributed by atoms with Crippen LogP contribution in [0.4, 0.5) is 0 Å². The number of rotatable bonds is 4. The average Bonchev–Trinajstić information content (AvgIpc) is 3.40. The number of fused-ring (bicyclic) bond motifs is 1. The normalized spacial score (nSPS) is 29.4. The highest BCUT2D eigenvalue weighted by atomic mass is 16.5. The van der Waals surface area contributed by atoms with E-state index in [0.717, 1.165) is 25.7 Å². The first kappa shape index (κ1) is 14.6. The second-order valence-corrected chi connectivity index (χ2v) is 6.51. The van der Waals surface area contributed by atoms with E-state index in [9.17, 15) is 9.59 Å². The minimum atomic E-state index is -0.0802. The maximum absolute atomic E-state index is 12.4. The highest BCUT2D eigenvalue weighted by Crippen LogP contribution is 2.33. The molecule has 0 aromatic carbocycles. The van der Waals surface area contributed by atoms with Crippen LogP contribution < -0.4 is 5.32 Å². The Kier molecular flexibility index (Phi) is 3.72. The van der Waals surface area contributed by atoms with Gasteiger partial charge in [0.1, 0.15) is 5.69 Å². The molecule has 7 nitrogen and oxygen atoms in total. The Morgan fingerprint density at radius 1 is 1.26 bits per heavy atom. The predicted molar refractivity (Wildman–Crippen MR) is 80.5 cm³/mol. The van der Waals surface area contributed by atoms with Gasteiger partial charge in [-0.25, -0.2) is 4.98 Å². The van der Waals surface area contributed by atoms with Gasteiger partial charge >= 0.3 is 0 Å². The Hall–Kier alpha value is -2.02. The zero-order chi connectivity index (χ0) is 15.8. The quantitative estimate of drug-likeness (QED) is 0.868. The molecule has 2 amide bonds. The Morgan fingerprint density at radius 3 is 2.83 bits per heavy atom. The topological polar surface area (TPSA) is 84.4 Å². The fourth-order valence-electron chi connectivity index (χ4n) is 3.31. The van der Waals surface area contributed by atoms with Gasteiger partial charge in [-0.05, 0) is 25.7 Å². The Morgan fingerprint density at radius 2 is 2.13 bits per heavy atom. The van der Waals surface area contributed by atoms with Gasteiger partial charge in [-0.3, -0.25) is 14.6 Å². The molecule has 1 aromatic heterocycles. The van der Waals surface area contributed by atoms with Gasteiger partial charge in [0.05, 0.1) is 24.4 Å². The van der Waals surface area contributed by atoms with Crippen LogP contribution in [0.15, 0.2) is 18.6 Å². The molecule has 3 aliphatic rings. The number of amides is 2. The largest absolute Gasteiger partial charge is 0.369 e. The fraction of sp³-hybridized carbons (Fsp3) is 0.625. The van der Waals surface area contributed by atoms with Crippen LogP contribution in [0.25, 0.3) is 0 Å². The second kappa shape index (κ2) is 5.88. The first-order valence-corrected chi connectivity index (χ1v) is 8.22. The van der Waals surface area contributed by atoms with Crippen LogP contribution >= 0.6 is 0 Å². The number of aromatic nitrogens is 2. The standard InChI is InChI=1S/C16H20N4O3/c21-15(10-1-2-10)19-7-11-3-4-13-14(23-11)9-20(13)16(22)12-8-17-5-6-18-12/h5-6,8,10-11,13-14H,1-4,7,9H2,(H,19,21)/t11-,13-,14-/m0/s1. The van der Waals surface area contributed by atoms with Crippen LogP contribution in [-0.4, -0.2) is 58.0 Å². The van der Waals surface area contributed by atoms with E-state index in [1.54, 1.807) is 6.20 Å². The van der Waals surface area contributed by atoms with Crippen LogP contribution in [0.5, 0.6) is 0 Å². The van der Waals surface area contributed by atoms with Gasteiger partial charge in [-0.1, -0.05) is 0 Å². The molecule has 3 fully saturated rings. The van der Waals surface area contributed by atoms with E-state index >= 15 is 0 Å². The number of carbonyl (C=O) groups excluding carboxylic acids is 2. The molecule has 1 aromatic rings. The van der Waals surface area contributed by atoms with E-state index in [1.807, 2.05) is 4.90 Å². The summed E-state index contributed by atoms with van der Waals surface area (Å²) in [5.74, 6) is 0.308. The molecule has 1 aliphatic carbocycles. The predicted octanol–water partition coefficient (Wildman–Crippen LogP) is 0.375. The lowest BCUT2D eigenvalue weighted by Crippen LogP contribution is -2.66. The summed E-state index contributed by atoms with van der Waals surface area (Å²) in [6, 6.07) is 0.125. The monoisotopic (exact) mass is 316 g/mol. The molecular formula is C16H20N4O3. The van der Waals surface area contributed by atoms with E-state index in [-0.39, 0.29) is 36.0 Å². The highest BCUT2D eigenvalue weighted by Gasteiger charge is 2.47.